The number of nitrogens with one attached hydrogen (secondary N) is 1. The highest BCUT2D eigenvalue weighted by atomic mass is 16.5. The molecule has 1 aliphatic heterocycles. The highest BCUT2D eigenvalue weighted by Crippen LogP contribution is 2.41. The van der Waals surface area contributed by atoms with E-state index in [1.54, 1.807) is 19.2 Å². The summed E-state index contributed by atoms with van der Waals surface area (Å²) in [6.45, 7) is 0. The largest absolute Gasteiger partial charge is 0.497 e. The molecule has 134 valence electrons. The van der Waals surface area contributed by atoms with Crippen molar-refractivity contribution >= 4 is 11.9 Å². The van der Waals surface area contributed by atoms with Crippen LogP contribution in [-0.2, 0) is 9.53 Å². The van der Waals surface area contributed by atoms with Crippen LogP contribution < -0.4 is 10.1 Å². The van der Waals surface area contributed by atoms with Gasteiger partial charge in [0.25, 0.3) is 0 Å². The summed E-state index contributed by atoms with van der Waals surface area (Å²) in [5.74, 6) is 0.800. The highest BCUT2D eigenvalue weighted by molar-refractivity contribution is 5.94. The van der Waals surface area contributed by atoms with Crippen LogP contribution in [0.25, 0.3) is 0 Å². The lowest BCUT2D eigenvalue weighted by atomic mass is 10.0. The number of hydrogen-bond donors (Lipinski definition) is 1. The number of methoxy groups -OCH3 is 1. The van der Waals surface area contributed by atoms with E-state index >= 15 is 0 Å². The van der Waals surface area contributed by atoms with Gasteiger partial charge >= 0.3 is 5.97 Å². The van der Waals surface area contributed by atoms with Gasteiger partial charge in [-0.25, -0.2) is 4.79 Å². The van der Waals surface area contributed by atoms with Gasteiger partial charge in [0, 0.05) is 5.56 Å². The maximum atomic E-state index is 12.6. The Morgan fingerprint density at radius 1 is 1.19 bits per heavy atom. The van der Waals surface area contributed by atoms with Crippen molar-refractivity contribution in [1.29, 1.82) is 0 Å². The highest BCUT2D eigenvalue weighted by Gasteiger charge is 2.36. The van der Waals surface area contributed by atoms with Crippen LogP contribution in [0.1, 0.15) is 52.9 Å². The number of hydrogen-bond acceptors (Lipinski definition) is 4. The second-order valence-electron chi connectivity index (χ2n) is 6.84. The minimum absolute atomic E-state index is 0.0132. The van der Waals surface area contributed by atoms with Gasteiger partial charge in [-0.3, -0.25) is 4.79 Å². The van der Waals surface area contributed by atoms with Crippen LogP contribution in [-0.4, -0.2) is 19.0 Å². The van der Waals surface area contributed by atoms with E-state index in [0.29, 0.717) is 11.5 Å². The minimum Gasteiger partial charge on any atom is -0.497 e. The molecule has 0 aromatic heterocycles. The third-order valence-corrected chi connectivity index (χ3v) is 5.03. The van der Waals surface area contributed by atoms with Crippen LogP contribution in [0, 0.1) is 5.92 Å². The van der Waals surface area contributed by atoms with Crippen LogP contribution >= 0.6 is 0 Å². The number of amides is 1. The molecule has 1 amide bonds. The topological polar surface area (TPSA) is 64.6 Å². The van der Waals surface area contributed by atoms with Gasteiger partial charge in [0.2, 0.25) is 5.91 Å². The van der Waals surface area contributed by atoms with Crippen molar-refractivity contribution in [3.63, 3.8) is 0 Å². The van der Waals surface area contributed by atoms with E-state index in [0.717, 1.165) is 29.7 Å². The first-order chi connectivity index (χ1) is 12.7. The van der Waals surface area contributed by atoms with Crippen LogP contribution in [0.2, 0.25) is 0 Å². The number of cyclic esters (lactones) is 1. The minimum atomic E-state index is -0.505. The molecule has 1 fully saturated rings. The number of rotatable bonds is 6. The van der Waals surface area contributed by atoms with E-state index in [9.17, 15) is 9.59 Å². The van der Waals surface area contributed by atoms with Crippen LogP contribution in [0.4, 0.5) is 0 Å². The molecule has 26 heavy (non-hydrogen) atoms. The molecule has 1 saturated carbocycles. The van der Waals surface area contributed by atoms with E-state index < -0.39 is 6.10 Å². The number of carbonyl (C=O) groups excluding carboxylic acids is 2. The number of ether oxygens (including phenoxy) is 2. The monoisotopic (exact) mass is 351 g/mol. The summed E-state index contributed by atoms with van der Waals surface area (Å²) >= 11 is 0. The zero-order valence-corrected chi connectivity index (χ0v) is 14.6. The van der Waals surface area contributed by atoms with Gasteiger partial charge in [0.1, 0.15) is 11.9 Å². The zero-order chi connectivity index (χ0) is 18.1. The molecule has 0 saturated heterocycles. The number of benzene rings is 2. The molecule has 2 aromatic carbocycles. The average Bonchev–Trinajstić information content (AvgIpc) is 3.46. The van der Waals surface area contributed by atoms with Gasteiger partial charge in [-0.1, -0.05) is 30.3 Å². The molecule has 1 heterocycles. The quantitative estimate of drug-likeness (QED) is 0.808. The summed E-state index contributed by atoms with van der Waals surface area (Å²) in [6.07, 6.45) is 1.85. The molecular formula is C21H21NO4. The molecule has 0 bridgehead atoms. The second kappa shape index (κ2) is 6.83. The summed E-state index contributed by atoms with van der Waals surface area (Å²) in [5, 5.41) is 3.13. The Morgan fingerprint density at radius 3 is 2.62 bits per heavy atom. The van der Waals surface area contributed by atoms with Crippen LogP contribution in [0.3, 0.4) is 0 Å². The molecule has 1 aliphatic carbocycles. The summed E-state index contributed by atoms with van der Waals surface area (Å²) in [6, 6.07) is 15.0. The van der Waals surface area contributed by atoms with Crippen molar-refractivity contribution in [3.8, 4) is 5.75 Å². The Morgan fingerprint density at radius 2 is 1.92 bits per heavy atom. The number of carbonyl (C=O) groups is 2. The first-order valence-corrected chi connectivity index (χ1v) is 8.89. The lowest BCUT2D eigenvalue weighted by molar-refractivity contribution is -0.123. The lowest BCUT2D eigenvalue weighted by Crippen LogP contribution is -2.31. The number of esters is 1. The first-order valence-electron chi connectivity index (χ1n) is 8.89. The Kier molecular flexibility index (Phi) is 4.37. The smallest absolute Gasteiger partial charge is 0.339 e. The fourth-order valence-electron chi connectivity index (χ4n) is 3.49. The summed E-state index contributed by atoms with van der Waals surface area (Å²) < 4.78 is 10.6. The first kappa shape index (κ1) is 16.6. The van der Waals surface area contributed by atoms with Gasteiger partial charge in [-0.2, -0.15) is 0 Å². The molecule has 2 aliphatic rings. The molecule has 5 nitrogen and oxygen atoms in total. The van der Waals surface area contributed by atoms with E-state index in [1.807, 2.05) is 36.4 Å². The lowest BCUT2D eigenvalue weighted by Gasteiger charge is -2.20. The van der Waals surface area contributed by atoms with E-state index in [-0.39, 0.29) is 24.3 Å². The van der Waals surface area contributed by atoms with E-state index in [1.165, 1.54) is 0 Å². The standard InChI is InChI=1S/C21H21NO4/c1-25-15-10-8-14(9-11-15)20(13-6-7-13)22-19(23)12-18-16-4-2-3-5-17(16)21(24)26-18/h2-5,8-11,13,18,20H,6-7,12H2,1H3,(H,22,23)/t18-,20+/m1/s1. The third-order valence-electron chi connectivity index (χ3n) is 5.03. The summed E-state index contributed by atoms with van der Waals surface area (Å²) in [4.78, 5) is 24.5. The molecule has 2 aromatic rings. The second-order valence-corrected chi connectivity index (χ2v) is 6.84. The molecular weight excluding hydrogens is 330 g/mol. The van der Waals surface area contributed by atoms with Gasteiger partial charge in [0.15, 0.2) is 0 Å². The fraction of sp³-hybridized carbons (Fsp3) is 0.333. The molecule has 0 spiro atoms. The molecule has 0 unspecified atom stereocenters. The van der Waals surface area contributed by atoms with Gasteiger partial charge in [-0.15, -0.1) is 0 Å². The maximum absolute atomic E-state index is 12.6. The Balaban J connectivity index is 1.45. The van der Waals surface area contributed by atoms with Crippen molar-refractivity contribution in [2.24, 2.45) is 5.92 Å². The molecule has 1 N–H and O–H groups in total. The number of fused-ring (bicyclic) bond motifs is 1. The van der Waals surface area contributed by atoms with E-state index in [2.05, 4.69) is 5.32 Å². The normalized spacial score (nSPS) is 19.4. The molecule has 4 rings (SSSR count). The molecule has 2 atom stereocenters. The van der Waals surface area contributed by atoms with Crippen molar-refractivity contribution in [1.82, 2.24) is 5.32 Å². The van der Waals surface area contributed by atoms with Gasteiger partial charge in [0.05, 0.1) is 25.1 Å². The Labute approximate surface area is 152 Å². The van der Waals surface area contributed by atoms with Gasteiger partial charge < -0.3 is 14.8 Å². The maximum Gasteiger partial charge on any atom is 0.339 e. The summed E-state index contributed by atoms with van der Waals surface area (Å²) in [7, 11) is 1.63. The fourth-order valence-corrected chi connectivity index (χ4v) is 3.49. The van der Waals surface area contributed by atoms with Crippen molar-refractivity contribution < 1.29 is 19.1 Å². The van der Waals surface area contributed by atoms with Crippen molar-refractivity contribution in [2.45, 2.75) is 31.4 Å². The van der Waals surface area contributed by atoms with Crippen molar-refractivity contribution in [2.75, 3.05) is 7.11 Å². The summed E-state index contributed by atoms with van der Waals surface area (Å²) in [5.41, 5.74) is 2.42. The molecule has 5 heteroatoms. The zero-order valence-electron chi connectivity index (χ0n) is 14.6. The Bertz CT molecular complexity index is 826. The Hall–Kier alpha value is -2.82. The van der Waals surface area contributed by atoms with Gasteiger partial charge in [-0.05, 0) is 42.5 Å². The predicted molar refractivity (Wildman–Crippen MR) is 95.8 cm³/mol. The van der Waals surface area contributed by atoms with Crippen molar-refractivity contribution in [3.05, 3.63) is 65.2 Å². The van der Waals surface area contributed by atoms with E-state index in [4.69, 9.17) is 9.47 Å². The third kappa shape index (κ3) is 3.29. The van der Waals surface area contributed by atoms with Crippen LogP contribution in [0.5, 0.6) is 5.75 Å². The average molecular weight is 351 g/mol. The SMILES string of the molecule is COc1ccc([C@@H](NC(=O)C[C@H]2OC(=O)c3ccccc32)C2CC2)cc1. The molecule has 0 radical (unpaired) electrons. The predicted octanol–water partition coefficient (Wildman–Crippen LogP) is 3.56. The van der Waals surface area contributed by atoms with Crippen LogP contribution in [0.15, 0.2) is 48.5 Å².